The zero-order chi connectivity index (χ0) is 22.9. The first-order valence-electron chi connectivity index (χ1n) is 8.58. The number of halogens is 6. The van der Waals surface area contributed by atoms with E-state index in [4.69, 9.17) is 0 Å². The van der Waals surface area contributed by atoms with Gasteiger partial charge >= 0.3 is 18.3 Å². The van der Waals surface area contributed by atoms with Crippen molar-refractivity contribution in [3.8, 4) is 0 Å². The standard InChI is InChI=1S/C20H17F6NO3/c1-10-4-3-5-11(2)15(10)9-16(18(29)30)27-17(28)12-6-13(19(21,22)23)8-14(7-12)20(24,25)26/h3-8,16H,9H2,1-2H3,(H,27,28)(H,29,30)/t16-/m0/s1. The monoisotopic (exact) mass is 433 g/mol. The predicted molar refractivity (Wildman–Crippen MR) is 95.0 cm³/mol. The number of hydrogen-bond acceptors (Lipinski definition) is 2. The number of aliphatic carboxylic acids is 1. The SMILES string of the molecule is Cc1cccc(C)c1C[C@H](NC(=O)c1cc(C(F)(F)F)cc(C(F)(F)F)c1)C(=O)O. The van der Waals surface area contributed by atoms with Crippen molar-refractivity contribution in [3.63, 3.8) is 0 Å². The van der Waals surface area contributed by atoms with Crippen molar-refractivity contribution in [2.45, 2.75) is 38.7 Å². The van der Waals surface area contributed by atoms with Gasteiger partial charge in [0.25, 0.3) is 5.91 Å². The highest BCUT2D eigenvalue weighted by Crippen LogP contribution is 2.36. The van der Waals surface area contributed by atoms with Crippen molar-refractivity contribution in [2.75, 3.05) is 0 Å². The number of carboxylic acids is 1. The number of nitrogens with one attached hydrogen (secondary N) is 1. The Morgan fingerprint density at radius 3 is 1.80 bits per heavy atom. The summed E-state index contributed by atoms with van der Waals surface area (Å²) >= 11 is 0. The van der Waals surface area contributed by atoms with Crippen LogP contribution >= 0.6 is 0 Å². The summed E-state index contributed by atoms with van der Waals surface area (Å²) in [7, 11) is 0. The molecule has 0 spiro atoms. The molecule has 2 N–H and O–H groups in total. The van der Waals surface area contributed by atoms with E-state index < -0.39 is 47.0 Å². The smallest absolute Gasteiger partial charge is 0.416 e. The second kappa shape index (κ2) is 8.37. The largest absolute Gasteiger partial charge is 0.480 e. The van der Waals surface area contributed by atoms with Crippen molar-refractivity contribution in [3.05, 3.63) is 69.8 Å². The summed E-state index contributed by atoms with van der Waals surface area (Å²) in [6.07, 6.45) is -10.4. The minimum Gasteiger partial charge on any atom is -0.480 e. The molecule has 0 fully saturated rings. The molecule has 30 heavy (non-hydrogen) atoms. The second-order valence-electron chi connectivity index (χ2n) is 6.73. The summed E-state index contributed by atoms with van der Waals surface area (Å²) in [5, 5.41) is 11.4. The van der Waals surface area contributed by atoms with Crippen molar-refractivity contribution in [1.82, 2.24) is 5.32 Å². The Morgan fingerprint density at radius 1 is 0.933 bits per heavy atom. The highest BCUT2D eigenvalue weighted by atomic mass is 19.4. The zero-order valence-electron chi connectivity index (χ0n) is 15.8. The lowest BCUT2D eigenvalue weighted by Crippen LogP contribution is -2.42. The van der Waals surface area contributed by atoms with Gasteiger partial charge in [-0.2, -0.15) is 26.3 Å². The van der Waals surface area contributed by atoms with Crippen molar-refractivity contribution >= 4 is 11.9 Å². The lowest BCUT2D eigenvalue weighted by molar-refractivity contribution is -0.143. The molecule has 162 valence electrons. The fraction of sp³-hybridized carbons (Fsp3) is 0.300. The van der Waals surface area contributed by atoms with Crippen LogP contribution in [0.25, 0.3) is 0 Å². The van der Waals surface area contributed by atoms with Crippen LogP contribution in [-0.4, -0.2) is 23.0 Å². The molecular formula is C20H17F6NO3. The quantitative estimate of drug-likeness (QED) is 0.668. The molecule has 0 aliphatic heterocycles. The highest BCUT2D eigenvalue weighted by Gasteiger charge is 2.37. The van der Waals surface area contributed by atoms with E-state index in [1.54, 1.807) is 32.0 Å². The number of benzene rings is 2. The lowest BCUT2D eigenvalue weighted by Gasteiger charge is -2.19. The number of carbonyl (C=O) groups is 2. The minimum absolute atomic E-state index is 0.109. The number of amides is 1. The summed E-state index contributed by atoms with van der Waals surface area (Å²) < 4.78 is 77.8. The minimum atomic E-state index is -5.12. The Labute approximate surface area is 167 Å². The van der Waals surface area contributed by atoms with Crippen LogP contribution in [0.15, 0.2) is 36.4 Å². The molecule has 0 aliphatic carbocycles. The van der Waals surface area contributed by atoms with Gasteiger partial charge in [0.15, 0.2) is 0 Å². The molecule has 0 unspecified atom stereocenters. The molecule has 0 heterocycles. The molecule has 0 aromatic heterocycles. The van der Waals surface area contributed by atoms with Gasteiger partial charge in [0, 0.05) is 12.0 Å². The Kier molecular flexibility index (Phi) is 6.48. The molecule has 0 bridgehead atoms. The number of carbonyl (C=O) groups excluding carboxylic acids is 1. The molecule has 10 heteroatoms. The van der Waals surface area contributed by atoms with Crippen LogP contribution in [0, 0.1) is 13.8 Å². The van der Waals surface area contributed by atoms with Crippen LogP contribution in [0.5, 0.6) is 0 Å². The third-order valence-electron chi connectivity index (χ3n) is 4.51. The van der Waals surface area contributed by atoms with Crippen molar-refractivity contribution in [1.29, 1.82) is 0 Å². The maximum atomic E-state index is 13.0. The topological polar surface area (TPSA) is 66.4 Å². The number of rotatable bonds is 5. The molecule has 0 saturated carbocycles. The summed E-state index contributed by atoms with van der Waals surface area (Å²) in [5.74, 6) is -2.83. The van der Waals surface area contributed by atoms with Gasteiger partial charge in [-0.3, -0.25) is 4.79 Å². The highest BCUT2D eigenvalue weighted by molar-refractivity contribution is 5.97. The van der Waals surface area contributed by atoms with Gasteiger partial charge in [0.05, 0.1) is 11.1 Å². The first-order chi connectivity index (χ1) is 13.7. The molecular weight excluding hydrogens is 416 g/mol. The molecule has 1 atom stereocenters. The van der Waals surface area contributed by atoms with E-state index in [1.165, 1.54) is 0 Å². The normalized spacial score (nSPS) is 13.1. The van der Waals surface area contributed by atoms with Gasteiger partial charge < -0.3 is 10.4 Å². The van der Waals surface area contributed by atoms with Crippen molar-refractivity contribution < 1.29 is 41.0 Å². The average Bonchev–Trinajstić information content (AvgIpc) is 2.61. The van der Waals surface area contributed by atoms with Gasteiger partial charge in [-0.05, 0) is 48.7 Å². The van der Waals surface area contributed by atoms with Crippen LogP contribution in [0.3, 0.4) is 0 Å². The molecule has 1 amide bonds. The molecule has 2 rings (SSSR count). The van der Waals surface area contributed by atoms with E-state index in [0.717, 1.165) is 11.1 Å². The third-order valence-corrected chi connectivity index (χ3v) is 4.51. The van der Waals surface area contributed by atoms with Crippen molar-refractivity contribution in [2.24, 2.45) is 0 Å². The Hall–Kier alpha value is -3.04. The molecule has 0 radical (unpaired) electrons. The molecule has 0 aliphatic rings. The molecule has 2 aromatic rings. The number of aryl methyl sites for hydroxylation is 2. The van der Waals surface area contributed by atoms with E-state index >= 15 is 0 Å². The van der Waals surface area contributed by atoms with Crippen LogP contribution < -0.4 is 5.32 Å². The Balaban J connectivity index is 2.39. The van der Waals surface area contributed by atoms with Gasteiger partial charge in [-0.15, -0.1) is 0 Å². The first-order valence-corrected chi connectivity index (χ1v) is 8.58. The second-order valence-corrected chi connectivity index (χ2v) is 6.73. The summed E-state index contributed by atoms with van der Waals surface area (Å²) in [6, 6.07) is 4.01. The van der Waals surface area contributed by atoms with Crippen LogP contribution in [0.4, 0.5) is 26.3 Å². The fourth-order valence-electron chi connectivity index (χ4n) is 2.90. The Bertz CT molecular complexity index is 913. The number of hydrogen-bond donors (Lipinski definition) is 2. The van der Waals surface area contributed by atoms with E-state index in [9.17, 15) is 41.0 Å². The van der Waals surface area contributed by atoms with Gasteiger partial charge in [0.1, 0.15) is 6.04 Å². The van der Waals surface area contributed by atoms with Gasteiger partial charge in [0.2, 0.25) is 0 Å². The summed E-state index contributed by atoms with van der Waals surface area (Å²) in [4.78, 5) is 23.9. The third kappa shape index (κ3) is 5.52. The maximum absolute atomic E-state index is 13.0. The Morgan fingerprint density at radius 2 is 1.40 bits per heavy atom. The van der Waals surface area contributed by atoms with E-state index in [1.807, 2.05) is 5.32 Å². The van der Waals surface area contributed by atoms with E-state index in [0.29, 0.717) is 5.56 Å². The van der Waals surface area contributed by atoms with Crippen LogP contribution in [0.2, 0.25) is 0 Å². The van der Waals surface area contributed by atoms with Crippen LogP contribution in [0.1, 0.15) is 38.2 Å². The predicted octanol–water partition coefficient (Wildman–Crippen LogP) is 4.77. The zero-order valence-corrected chi connectivity index (χ0v) is 15.8. The van der Waals surface area contributed by atoms with E-state index in [-0.39, 0.29) is 24.6 Å². The number of carboxylic acid groups (broad SMARTS) is 1. The molecule has 0 saturated heterocycles. The van der Waals surface area contributed by atoms with Gasteiger partial charge in [-0.1, -0.05) is 18.2 Å². The fourth-order valence-corrected chi connectivity index (χ4v) is 2.90. The summed E-state index contributed by atoms with van der Waals surface area (Å²) in [5.41, 5.74) is -2.20. The maximum Gasteiger partial charge on any atom is 0.416 e. The molecule has 4 nitrogen and oxygen atoms in total. The average molecular weight is 433 g/mol. The first kappa shape index (κ1) is 23.2. The molecule has 2 aromatic carbocycles. The lowest BCUT2D eigenvalue weighted by atomic mass is 9.96. The number of alkyl halides is 6. The van der Waals surface area contributed by atoms with Crippen LogP contribution in [-0.2, 0) is 23.6 Å². The summed E-state index contributed by atoms with van der Waals surface area (Å²) in [6.45, 7) is 3.43. The van der Waals surface area contributed by atoms with Gasteiger partial charge in [-0.25, -0.2) is 4.79 Å². The van der Waals surface area contributed by atoms with E-state index in [2.05, 4.69) is 0 Å².